The third-order valence-electron chi connectivity index (χ3n) is 5.11. The molecule has 0 radical (unpaired) electrons. The number of cyclic esters (lactones) is 1. The minimum Gasteiger partial charge on any atom is -0.457 e. The molecular formula is C25H20ClNO5. The number of non-ortho nitro benzene ring substituents is 1. The molecule has 0 N–H and O–H groups in total. The van der Waals surface area contributed by atoms with Crippen molar-refractivity contribution in [2.45, 2.75) is 26.2 Å². The normalized spacial score (nSPS) is 15.1. The fraction of sp³-hybridized carbons (Fsp3) is 0.160. The summed E-state index contributed by atoms with van der Waals surface area (Å²) in [5.74, 6) is 0.746. The average Bonchev–Trinajstić information content (AvgIpc) is 3.35. The summed E-state index contributed by atoms with van der Waals surface area (Å²) in [5.41, 5.74) is 2.66. The number of ether oxygens (including phenoxy) is 1. The van der Waals surface area contributed by atoms with E-state index in [9.17, 15) is 14.9 Å². The van der Waals surface area contributed by atoms with E-state index in [1.54, 1.807) is 24.3 Å². The van der Waals surface area contributed by atoms with E-state index in [1.165, 1.54) is 23.8 Å². The highest BCUT2D eigenvalue weighted by Crippen LogP contribution is 2.34. The van der Waals surface area contributed by atoms with Crippen LogP contribution in [0.2, 0.25) is 5.02 Å². The number of furan rings is 1. The highest BCUT2D eigenvalue weighted by atomic mass is 35.5. The molecule has 3 aromatic rings. The number of carbonyl (C=O) groups is 1. The summed E-state index contributed by atoms with van der Waals surface area (Å²) >= 11 is 6.18. The second-order valence-corrected chi connectivity index (χ2v) is 8.86. The van der Waals surface area contributed by atoms with E-state index in [1.807, 2.05) is 24.3 Å². The quantitative estimate of drug-likeness (QED) is 0.189. The number of benzene rings is 2. The van der Waals surface area contributed by atoms with Crippen molar-refractivity contribution in [1.82, 2.24) is 0 Å². The number of nitrogens with zero attached hydrogens (tertiary/aromatic N) is 1. The maximum Gasteiger partial charge on any atom is 0.343 e. The highest BCUT2D eigenvalue weighted by molar-refractivity contribution is 6.33. The Morgan fingerprint density at radius 2 is 1.75 bits per heavy atom. The van der Waals surface area contributed by atoms with Crippen molar-refractivity contribution in [3.63, 3.8) is 0 Å². The Hall–Kier alpha value is -3.64. The third kappa shape index (κ3) is 4.36. The van der Waals surface area contributed by atoms with Gasteiger partial charge in [0.2, 0.25) is 0 Å². The first-order chi connectivity index (χ1) is 15.1. The van der Waals surface area contributed by atoms with E-state index in [0.29, 0.717) is 33.4 Å². The first-order valence-electron chi connectivity index (χ1n) is 9.92. The molecule has 0 aliphatic carbocycles. The Balaban J connectivity index is 1.61. The second kappa shape index (κ2) is 8.13. The van der Waals surface area contributed by atoms with Crippen LogP contribution in [-0.4, -0.2) is 10.9 Å². The highest BCUT2D eigenvalue weighted by Gasteiger charge is 2.23. The topological polar surface area (TPSA) is 82.6 Å². The SMILES string of the molecule is CC(C)(C)c1ccc(C2=CC(=Cc3ccc(-c4cc([N+](=O)[O-])ccc4Cl)o3)C(=O)O2)cc1. The van der Waals surface area contributed by atoms with E-state index in [0.717, 1.165) is 5.56 Å². The van der Waals surface area contributed by atoms with Gasteiger partial charge in [0.15, 0.2) is 0 Å². The molecule has 6 nitrogen and oxygen atoms in total. The van der Waals surface area contributed by atoms with E-state index >= 15 is 0 Å². The summed E-state index contributed by atoms with van der Waals surface area (Å²) in [6.45, 7) is 6.41. The van der Waals surface area contributed by atoms with Crippen molar-refractivity contribution in [3.05, 3.63) is 98.3 Å². The molecule has 0 saturated carbocycles. The Morgan fingerprint density at radius 1 is 1.03 bits per heavy atom. The number of esters is 1. The predicted octanol–water partition coefficient (Wildman–Crippen LogP) is 6.79. The molecule has 0 amide bonds. The number of halogens is 1. The molecule has 32 heavy (non-hydrogen) atoms. The fourth-order valence-corrected chi connectivity index (χ4v) is 3.52. The van der Waals surface area contributed by atoms with Crippen LogP contribution in [0.15, 0.2) is 70.7 Å². The van der Waals surface area contributed by atoms with Gasteiger partial charge >= 0.3 is 5.97 Å². The molecule has 0 spiro atoms. The van der Waals surface area contributed by atoms with Gasteiger partial charge < -0.3 is 9.15 Å². The van der Waals surface area contributed by atoms with Gasteiger partial charge in [-0.1, -0.05) is 56.6 Å². The summed E-state index contributed by atoms with van der Waals surface area (Å²) in [6, 6.07) is 15.3. The zero-order valence-electron chi connectivity index (χ0n) is 17.7. The number of nitro benzene ring substituents is 1. The van der Waals surface area contributed by atoms with Gasteiger partial charge in [0.05, 0.1) is 15.5 Å². The number of carbonyl (C=O) groups excluding carboxylic acids is 1. The standard InChI is InChI=1S/C25H20ClNO5/c1-25(2,3)17-6-4-15(5-7-17)23-13-16(24(28)32-23)12-19-9-11-22(31-19)20-14-18(27(29)30)8-10-21(20)26/h4-14H,1-3H3. The van der Waals surface area contributed by atoms with Gasteiger partial charge in [-0.25, -0.2) is 4.79 Å². The Bertz CT molecular complexity index is 1280. The van der Waals surface area contributed by atoms with E-state index in [-0.39, 0.29) is 11.1 Å². The molecule has 1 aliphatic rings. The summed E-state index contributed by atoms with van der Waals surface area (Å²) < 4.78 is 11.2. The number of nitro groups is 1. The molecule has 0 saturated heterocycles. The van der Waals surface area contributed by atoms with Gasteiger partial charge in [-0.3, -0.25) is 10.1 Å². The number of rotatable bonds is 4. The third-order valence-corrected chi connectivity index (χ3v) is 5.44. The van der Waals surface area contributed by atoms with Crippen molar-refractivity contribution in [2.24, 2.45) is 0 Å². The van der Waals surface area contributed by atoms with Crippen molar-refractivity contribution in [2.75, 3.05) is 0 Å². The molecule has 0 fully saturated rings. The van der Waals surface area contributed by atoms with Gasteiger partial charge in [0.1, 0.15) is 17.3 Å². The molecule has 4 rings (SSSR count). The molecule has 1 aliphatic heterocycles. The van der Waals surface area contributed by atoms with Crippen LogP contribution in [0.5, 0.6) is 0 Å². The second-order valence-electron chi connectivity index (χ2n) is 8.45. The summed E-state index contributed by atoms with van der Waals surface area (Å²) in [4.78, 5) is 22.9. The molecule has 2 heterocycles. The molecule has 7 heteroatoms. The van der Waals surface area contributed by atoms with Gasteiger partial charge in [-0.05, 0) is 41.3 Å². The minimum absolute atomic E-state index is 0.0312. The number of hydrogen-bond acceptors (Lipinski definition) is 5. The minimum atomic E-state index is -0.499. The monoisotopic (exact) mass is 449 g/mol. The maximum absolute atomic E-state index is 12.4. The first kappa shape index (κ1) is 21.6. The molecule has 1 aromatic heterocycles. The number of hydrogen-bond donors (Lipinski definition) is 0. The zero-order valence-corrected chi connectivity index (χ0v) is 18.5. The van der Waals surface area contributed by atoms with Gasteiger partial charge in [0, 0.05) is 23.3 Å². The van der Waals surface area contributed by atoms with Gasteiger partial charge in [-0.2, -0.15) is 0 Å². The van der Waals surface area contributed by atoms with Gasteiger partial charge in [-0.15, -0.1) is 0 Å². The summed E-state index contributed by atoms with van der Waals surface area (Å²) in [6.07, 6.45) is 3.23. The molecule has 0 atom stereocenters. The van der Waals surface area contributed by atoms with Crippen LogP contribution in [0.3, 0.4) is 0 Å². The van der Waals surface area contributed by atoms with Crippen LogP contribution in [0.1, 0.15) is 37.7 Å². The first-order valence-corrected chi connectivity index (χ1v) is 10.3. The lowest BCUT2D eigenvalue weighted by Gasteiger charge is -2.19. The van der Waals surface area contributed by atoms with Crippen molar-refractivity contribution in [3.8, 4) is 11.3 Å². The van der Waals surface area contributed by atoms with Crippen molar-refractivity contribution < 1.29 is 18.9 Å². The Kier molecular flexibility index (Phi) is 5.48. The van der Waals surface area contributed by atoms with Crippen LogP contribution in [0.4, 0.5) is 5.69 Å². The summed E-state index contributed by atoms with van der Waals surface area (Å²) in [7, 11) is 0. The largest absolute Gasteiger partial charge is 0.457 e. The predicted molar refractivity (Wildman–Crippen MR) is 123 cm³/mol. The van der Waals surface area contributed by atoms with Crippen LogP contribution in [0, 0.1) is 10.1 Å². The van der Waals surface area contributed by atoms with Crippen molar-refractivity contribution in [1.29, 1.82) is 0 Å². The molecule has 2 aromatic carbocycles. The Morgan fingerprint density at radius 3 is 2.41 bits per heavy atom. The van der Waals surface area contributed by atoms with E-state index in [4.69, 9.17) is 20.8 Å². The fourth-order valence-electron chi connectivity index (χ4n) is 3.31. The van der Waals surface area contributed by atoms with Crippen LogP contribution in [-0.2, 0) is 14.9 Å². The van der Waals surface area contributed by atoms with Crippen molar-refractivity contribution >= 4 is 35.1 Å². The smallest absolute Gasteiger partial charge is 0.343 e. The average molecular weight is 450 g/mol. The van der Waals surface area contributed by atoms with Crippen LogP contribution >= 0.6 is 11.6 Å². The zero-order chi connectivity index (χ0) is 23.0. The molecule has 0 unspecified atom stereocenters. The molecular weight excluding hydrogens is 430 g/mol. The van der Waals surface area contributed by atoms with Gasteiger partial charge in [0.25, 0.3) is 5.69 Å². The lowest BCUT2D eigenvalue weighted by Crippen LogP contribution is -2.10. The molecule has 162 valence electrons. The lowest BCUT2D eigenvalue weighted by molar-refractivity contribution is -0.384. The lowest BCUT2D eigenvalue weighted by atomic mass is 9.86. The molecule has 0 bridgehead atoms. The van der Waals surface area contributed by atoms with E-state index in [2.05, 4.69) is 20.8 Å². The van der Waals surface area contributed by atoms with Crippen LogP contribution < -0.4 is 0 Å². The summed E-state index contributed by atoms with van der Waals surface area (Å²) in [5, 5.41) is 11.4. The van der Waals surface area contributed by atoms with E-state index < -0.39 is 10.9 Å². The Labute approximate surface area is 189 Å². The maximum atomic E-state index is 12.4. The van der Waals surface area contributed by atoms with Crippen LogP contribution in [0.25, 0.3) is 23.2 Å².